The number of phenols is 1. The van der Waals surface area contributed by atoms with Crippen LogP contribution in [-0.4, -0.2) is 90.0 Å². The Bertz CT molecular complexity index is 1320. The molecule has 0 radical (unpaired) electrons. The van der Waals surface area contributed by atoms with E-state index in [0.717, 1.165) is 31.4 Å². The number of rotatable bonds is 6. The number of nitrogens with zero attached hydrogens (tertiary/aromatic N) is 2. The first-order chi connectivity index (χ1) is 19.3. The maximum absolute atomic E-state index is 14.1. The second-order valence-corrected chi connectivity index (χ2v) is 12.7. The van der Waals surface area contributed by atoms with Crippen LogP contribution in [0.2, 0.25) is 0 Å². The van der Waals surface area contributed by atoms with Crippen molar-refractivity contribution in [2.45, 2.75) is 69.2 Å². The van der Waals surface area contributed by atoms with E-state index in [0.29, 0.717) is 23.7 Å². The number of anilines is 1. The molecule has 4 aliphatic carbocycles. The summed E-state index contributed by atoms with van der Waals surface area (Å²) in [4.78, 5) is 70.4. The number of benzene rings is 1. The molecule has 0 spiro atoms. The van der Waals surface area contributed by atoms with Gasteiger partial charge in [-0.3, -0.25) is 28.9 Å². The minimum atomic E-state index is -2.73. The molecule has 11 heteroatoms. The van der Waals surface area contributed by atoms with E-state index in [9.17, 15) is 34.2 Å². The minimum absolute atomic E-state index is 0.0303. The lowest BCUT2D eigenvalue weighted by molar-refractivity contribution is -0.181. The summed E-state index contributed by atoms with van der Waals surface area (Å²) in [5, 5.41) is 26.7. The molecule has 3 saturated carbocycles. The van der Waals surface area contributed by atoms with Gasteiger partial charge in [0.05, 0.1) is 17.5 Å². The molecule has 11 nitrogen and oxygen atoms in total. The van der Waals surface area contributed by atoms with Gasteiger partial charge in [-0.1, -0.05) is 19.3 Å². The number of primary amides is 1. The summed E-state index contributed by atoms with van der Waals surface area (Å²) in [6.45, 7) is 0.345. The van der Waals surface area contributed by atoms with E-state index in [2.05, 4.69) is 5.32 Å². The summed E-state index contributed by atoms with van der Waals surface area (Å²) < 4.78 is 0. The van der Waals surface area contributed by atoms with Gasteiger partial charge in [0.15, 0.2) is 34.7 Å². The summed E-state index contributed by atoms with van der Waals surface area (Å²) >= 11 is 0. The zero-order valence-corrected chi connectivity index (χ0v) is 24.1. The Morgan fingerprint density at radius 1 is 1.07 bits per heavy atom. The van der Waals surface area contributed by atoms with Gasteiger partial charge in [0.2, 0.25) is 5.91 Å². The average Bonchev–Trinajstić information content (AvgIpc) is 2.90. The SMILES string of the molecule is CN(C)c1cc(CNC2CCCCC2)c(O)c2c1C[C@H]1C[C@H]3[C@H](N(C)C)C(=O)C(C(N)=O)C(=O)[C@@]3(O)C(=O)C1C2=O. The summed E-state index contributed by atoms with van der Waals surface area (Å²) in [6.07, 6.45) is 5.84. The number of nitrogens with one attached hydrogen (secondary N) is 1. The van der Waals surface area contributed by atoms with Crippen LogP contribution in [0.4, 0.5) is 5.69 Å². The van der Waals surface area contributed by atoms with Crippen LogP contribution in [0.25, 0.3) is 0 Å². The highest BCUT2D eigenvalue weighted by atomic mass is 16.3. The van der Waals surface area contributed by atoms with Gasteiger partial charge in [-0.15, -0.1) is 0 Å². The number of Topliss-reactive ketones (excluding diaryl/α,β-unsaturated/α-hetero) is 4. The molecule has 4 aliphatic rings. The summed E-state index contributed by atoms with van der Waals surface area (Å²) in [6, 6.07) is 1.06. The lowest BCUT2D eigenvalue weighted by Gasteiger charge is -2.52. The smallest absolute Gasteiger partial charge is 0.235 e. The summed E-state index contributed by atoms with van der Waals surface area (Å²) in [5.74, 6) is -10.3. The molecule has 1 aromatic rings. The lowest BCUT2D eigenvalue weighted by atomic mass is 9.52. The van der Waals surface area contributed by atoms with Crippen LogP contribution in [0.3, 0.4) is 0 Å². The zero-order valence-electron chi connectivity index (χ0n) is 24.1. The quantitative estimate of drug-likeness (QED) is 0.351. The maximum atomic E-state index is 14.1. The summed E-state index contributed by atoms with van der Waals surface area (Å²) in [7, 11) is 6.83. The molecule has 0 heterocycles. The molecule has 2 unspecified atom stereocenters. The second-order valence-electron chi connectivity index (χ2n) is 12.7. The molecule has 222 valence electrons. The van der Waals surface area contributed by atoms with Crippen LogP contribution >= 0.6 is 0 Å². The maximum Gasteiger partial charge on any atom is 0.235 e. The number of fused-ring (bicyclic) bond motifs is 3. The average molecular weight is 569 g/mol. The topological polar surface area (TPSA) is 170 Å². The Hall–Kier alpha value is -3.15. The van der Waals surface area contributed by atoms with Gasteiger partial charge >= 0.3 is 0 Å². The highest BCUT2D eigenvalue weighted by Crippen LogP contribution is 2.52. The lowest BCUT2D eigenvalue weighted by Crippen LogP contribution is -2.74. The number of hydrogen-bond donors (Lipinski definition) is 4. The molecule has 0 saturated heterocycles. The number of amides is 1. The molecule has 5 rings (SSSR count). The van der Waals surface area contributed by atoms with Crippen LogP contribution in [0.5, 0.6) is 5.75 Å². The zero-order chi connectivity index (χ0) is 30.0. The molecular formula is C30H40N4O7. The third-order valence-corrected chi connectivity index (χ3v) is 9.78. The van der Waals surface area contributed by atoms with E-state index < -0.39 is 64.4 Å². The first kappa shape index (κ1) is 29.3. The second kappa shape index (κ2) is 10.6. The number of phenolic OH excluding ortho intramolecular Hbond substituents is 1. The molecule has 1 aromatic carbocycles. The van der Waals surface area contributed by atoms with Crippen molar-refractivity contribution in [2.75, 3.05) is 33.1 Å². The molecule has 6 atom stereocenters. The van der Waals surface area contributed by atoms with Crippen molar-refractivity contribution >= 4 is 34.7 Å². The van der Waals surface area contributed by atoms with E-state index in [-0.39, 0.29) is 24.2 Å². The fraction of sp³-hybridized carbons (Fsp3) is 0.633. The predicted octanol–water partition coefficient (Wildman–Crippen LogP) is 0.355. The van der Waals surface area contributed by atoms with Crippen molar-refractivity contribution in [1.82, 2.24) is 10.2 Å². The molecule has 3 fully saturated rings. The molecule has 0 aliphatic heterocycles. The van der Waals surface area contributed by atoms with Crippen molar-refractivity contribution in [3.05, 3.63) is 22.8 Å². The molecule has 0 bridgehead atoms. The number of aliphatic hydroxyl groups is 1. The molecule has 1 amide bonds. The number of ketones is 4. The first-order valence-electron chi connectivity index (χ1n) is 14.4. The third kappa shape index (κ3) is 4.49. The largest absolute Gasteiger partial charge is 0.507 e. The number of carbonyl (C=O) groups is 5. The van der Waals surface area contributed by atoms with Crippen LogP contribution in [-0.2, 0) is 32.1 Å². The van der Waals surface area contributed by atoms with Gasteiger partial charge in [0.25, 0.3) is 0 Å². The predicted molar refractivity (Wildman–Crippen MR) is 149 cm³/mol. The van der Waals surface area contributed by atoms with Crippen molar-refractivity contribution in [3.8, 4) is 5.75 Å². The third-order valence-electron chi connectivity index (χ3n) is 9.78. The van der Waals surface area contributed by atoms with E-state index in [1.54, 1.807) is 14.1 Å². The number of carbonyl (C=O) groups excluding carboxylic acids is 5. The van der Waals surface area contributed by atoms with Gasteiger partial charge in [-0.25, -0.2) is 0 Å². The first-order valence-corrected chi connectivity index (χ1v) is 14.4. The van der Waals surface area contributed by atoms with Crippen LogP contribution in [0, 0.1) is 23.7 Å². The minimum Gasteiger partial charge on any atom is -0.507 e. The van der Waals surface area contributed by atoms with Crippen molar-refractivity contribution in [3.63, 3.8) is 0 Å². The van der Waals surface area contributed by atoms with E-state index in [1.807, 2.05) is 25.1 Å². The fourth-order valence-electron chi connectivity index (χ4n) is 7.80. The van der Waals surface area contributed by atoms with Gasteiger partial charge < -0.3 is 26.2 Å². The standard InChI is InChI=1S/C30H40N4O7/c1-33(2)19-12-15(13-32-16-8-6-5-7-9-16)24(35)21-17(19)10-14-11-18-23(34(3)4)26(37)22(29(31)40)28(39)30(18,41)27(38)20(14)25(21)36/h12,14,16,18,20,22-23,32,35,41H,5-11,13H2,1-4H3,(H2,31,40)/t14-,18-,20?,22?,23-,30-/m0/s1. The van der Waals surface area contributed by atoms with Gasteiger partial charge in [-0.2, -0.15) is 0 Å². The van der Waals surface area contributed by atoms with Gasteiger partial charge in [-0.05, 0) is 57.3 Å². The highest BCUT2D eigenvalue weighted by molar-refractivity contribution is 6.32. The fourth-order valence-corrected chi connectivity index (χ4v) is 7.80. The Balaban J connectivity index is 1.57. The van der Waals surface area contributed by atoms with E-state index in [1.165, 1.54) is 11.3 Å². The molecule has 5 N–H and O–H groups in total. The van der Waals surface area contributed by atoms with E-state index >= 15 is 0 Å². The Morgan fingerprint density at radius 3 is 2.32 bits per heavy atom. The Kier molecular flexibility index (Phi) is 7.59. The van der Waals surface area contributed by atoms with Crippen LogP contribution in [0.15, 0.2) is 6.07 Å². The number of likely N-dealkylation sites (N-methyl/N-ethyl adjacent to an activating group) is 1. The van der Waals surface area contributed by atoms with Gasteiger partial charge in [0, 0.05) is 43.9 Å². The molecule has 41 heavy (non-hydrogen) atoms. The van der Waals surface area contributed by atoms with Crippen LogP contribution in [0.1, 0.15) is 60.0 Å². The van der Waals surface area contributed by atoms with E-state index in [4.69, 9.17) is 5.73 Å². The summed E-state index contributed by atoms with van der Waals surface area (Å²) in [5.41, 5.74) is 4.57. The normalized spacial score (nSPS) is 32.0. The van der Waals surface area contributed by atoms with Gasteiger partial charge in [0.1, 0.15) is 5.75 Å². The number of aromatic hydroxyl groups is 1. The molecule has 0 aromatic heterocycles. The van der Waals surface area contributed by atoms with Crippen LogP contribution < -0.4 is 16.0 Å². The Morgan fingerprint density at radius 2 is 1.73 bits per heavy atom. The Labute approximate surface area is 239 Å². The number of hydrogen-bond acceptors (Lipinski definition) is 10. The highest BCUT2D eigenvalue weighted by Gasteiger charge is 2.69. The molecular weight excluding hydrogens is 528 g/mol. The van der Waals surface area contributed by atoms with Crippen molar-refractivity contribution in [2.24, 2.45) is 29.4 Å². The van der Waals surface area contributed by atoms with Crippen molar-refractivity contribution < 1.29 is 34.2 Å². The number of nitrogens with two attached hydrogens (primary N) is 1. The monoisotopic (exact) mass is 568 g/mol. The van der Waals surface area contributed by atoms with Crippen molar-refractivity contribution in [1.29, 1.82) is 0 Å².